The molecule has 0 radical (unpaired) electrons. The second-order valence-corrected chi connectivity index (χ2v) is 4.91. The van der Waals surface area contributed by atoms with Crippen molar-refractivity contribution >= 4 is 17.6 Å². The van der Waals surface area contributed by atoms with Gasteiger partial charge in [-0.25, -0.2) is 4.79 Å². The van der Waals surface area contributed by atoms with Gasteiger partial charge in [-0.3, -0.25) is 0 Å². The van der Waals surface area contributed by atoms with Crippen molar-refractivity contribution in [3.63, 3.8) is 0 Å². The summed E-state index contributed by atoms with van der Waals surface area (Å²) in [7, 11) is 1.65. The van der Waals surface area contributed by atoms with Crippen LogP contribution in [0.2, 0.25) is 5.02 Å². The molecule has 2 aromatic carbocycles. The molecule has 0 aliphatic carbocycles. The average Bonchev–Trinajstić information content (AvgIpc) is 2.48. The van der Waals surface area contributed by atoms with Gasteiger partial charge in [-0.15, -0.1) is 0 Å². The lowest BCUT2D eigenvalue weighted by Gasteiger charge is -2.11. The van der Waals surface area contributed by atoms with E-state index < -0.39 is 0 Å². The number of benzene rings is 2. The van der Waals surface area contributed by atoms with Gasteiger partial charge in [0.2, 0.25) is 0 Å². The van der Waals surface area contributed by atoms with Crippen molar-refractivity contribution in [3.05, 3.63) is 58.6 Å². The molecule has 110 valence electrons. The number of carbonyl (C=O) groups excluding carboxylic acids is 1. The molecule has 0 bridgehead atoms. The Morgan fingerprint density at radius 2 is 1.90 bits per heavy atom. The molecule has 0 spiro atoms. The van der Waals surface area contributed by atoms with Crippen LogP contribution in [0.3, 0.4) is 0 Å². The quantitative estimate of drug-likeness (QED) is 0.771. The summed E-state index contributed by atoms with van der Waals surface area (Å²) in [6.07, 6.45) is 0. The Morgan fingerprint density at radius 1 is 1.14 bits per heavy atom. The van der Waals surface area contributed by atoms with Gasteiger partial charge < -0.3 is 9.47 Å². The van der Waals surface area contributed by atoms with Crippen molar-refractivity contribution in [1.82, 2.24) is 0 Å². The van der Waals surface area contributed by atoms with Crippen molar-refractivity contribution in [2.75, 3.05) is 13.7 Å². The highest BCUT2D eigenvalue weighted by molar-refractivity contribution is 6.33. The van der Waals surface area contributed by atoms with Crippen LogP contribution in [0.15, 0.2) is 42.5 Å². The molecule has 0 heterocycles. The van der Waals surface area contributed by atoms with E-state index in [4.69, 9.17) is 21.1 Å². The fourth-order valence-corrected chi connectivity index (χ4v) is 2.42. The number of carbonyl (C=O) groups is 1. The average molecular weight is 305 g/mol. The number of hydrogen-bond donors (Lipinski definition) is 0. The maximum atomic E-state index is 11.7. The Hall–Kier alpha value is -1.84. The highest BCUT2D eigenvalue weighted by Gasteiger charge is 2.12. The van der Waals surface area contributed by atoms with E-state index in [2.05, 4.69) is 0 Å². The minimum Gasteiger partial charge on any atom is -0.462 e. The molecule has 3 nitrogen and oxygen atoms in total. The van der Waals surface area contributed by atoms with Crippen LogP contribution in [0, 0.1) is 0 Å². The van der Waals surface area contributed by atoms with E-state index >= 15 is 0 Å². The third kappa shape index (κ3) is 3.63. The summed E-state index contributed by atoms with van der Waals surface area (Å²) in [6, 6.07) is 13.1. The SMILES string of the molecule is CCOC(=O)c1ccc(-c2ccccc2COC)c(Cl)c1. The van der Waals surface area contributed by atoms with Crippen LogP contribution in [-0.4, -0.2) is 19.7 Å². The van der Waals surface area contributed by atoms with Crippen LogP contribution in [0.1, 0.15) is 22.8 Å². The van der Waals surface area contributed by atoms with E-state index in [9.17, 15) is 4.79 Å². The number of methoxy groups -OCH3 is 1. The van der Waals surface area contributed by atoms with Gasteiger partial charge in [0.05, 0.1) is 18.8 Å². The van der Waals surface area contributed by atoms with Gasteiger partial charge in [0.1, 0.15) is 0 Å². The molecule has 2 rings (SSSR count). The Balaban J connectivity index is 2.40. The van der Waals surface area contributed by atoms with Gasteiger partial charge in [0.25, 0.3) is 0 Å². The number of ether oxygens (including phenoxy) is 2. The molecule has 0 aliphatic heterocycles. The van der Waals surface area contributed by atoms with Crippen molar-refractivity contribution in [3.8, 4) is 11.1 Å². The maximum absolute atomic E-state index is 11.7. The number of hydrogen-bond acceptors (Lipinski definition) is 3. The van der Waals surface area contributed by atoms with Crippen molar-refractivity contribution in [2.24, 2.45) is 0 Å². The van der Waals surface area contributed by atoms with Gasteiger partial charge >= 0.3 is 5.97 Å². The summed E-state index contributed by atoms with van der Waals surface area (Å²) in [5, 5.41) is 0.518. The molecule has 0 saturated heterocycles. The molecule has 0 amide bonds. The first-order valence-electron chi connectivity index (χ1n) is 6.71. The predicted octanol–water partition coefficient (Wildman–Crippen LogP) is 4.33. The van der Waals surface area contributed by atoms with E-state index in [1.807, 2.05) is 30.3 Å². The smallest absolute Gasteiger partial charge is 0.338 e. The molecule has 2 aromatic rings. The van der Waals surface area contributed by atoms with Crippen molar-refractivity contribution in [2.45, 2.75) is 13.5 Å². The summed E-state index contributed by atoms with van der Waals surface area (Å²) in [4.78, 5) is 11.7. The van der Waals surface area contributed by atoms with Gasteiger partial charge in [-0.2, -0.15) is 0 Å². The normalized spacial score (nSPS) is 10.4. The molecule has 0 N–H and O–H groups in total. The van der Waals surface area contributed by atoms with E-state index in [0.29, 0.717) is 23.8 Å². The largest absolute Gasteiger partial charge is 0.462 e. The summed E-state index contributed by atoms with van der Waals surface area (Å²) in [5.74, 6) is -0.365. The minimum atomic E-state index is -0.365. The molecule has 0 unspecified atom stereocenters. The lowest BCUT2D eigenvalue weighted by molar-refractivity contribution is 0.0526. The van der Waals surface area contributed by atoms with Gasteiger partial charge in [-0.1, -0.05) is 41.9 Å². The van der Waals surface area contributed by atoms with Crippen LogP contribution < -0.4 is 0 Å². The molecule has 0 fully saturated rings. The standard InChI is InChI=1S/C17H17ClO3/c1-3-21-17(19)12-8-9-15(16(18)10-12)14-7-5-4-6-13(14)11-20-2/h4-10H,3,11H2,1-2H3. The summed E-state index contributed by atoms with van der Waals surface area (Å²) >= 11 is 6.33. The topological polar surface area (TPSA) is 35.5 Å². The van der Waals surface area contributed by atoms with E-state index in [1.54, 1.807) is 26.2 Å². The molecule has 0 aromatic heterocycles. The summed E-state index contributed by atoms with van der Waals surface area (Å²) in [6.45, 7) is 2.62. The third-order valence-electron chi connectivity index (χ3n) is 3.09. The minimum absolute atomic E-state index is 0.342. The lowest BCUT2D eigenvalue weighted by atomic mass is 9.99. The predicted molar refractivity (Wildman–Crippen MR) is 83.6 cm³/mol. The molecular formula is C17H17ClO3. The van der Waals surface area contributed by atoms with Crippen LogP contribution in [-0.2, 0) is 16.1 Å². The van der Waals surface area contributed by atoms with Gasteiger partial charge in [-0.05, 0) is 30.2 Å². The van der Waals surface area contributed by atoms with Crippen LogP contribution in [0.4, 0.5) is 0 Å². The zero-order valence-electron chi connectivity index (χ0n) is 12.1. The molecule has 0 aliphatic rings. The summed E-state index contributed by atoms with van der Waals surface area (Å²) in [5.41, 5.74) is 3.37. The highest BCUT2D eigenvalue weighted by Crippen LogP contribution is 2.31. The summed E-state index contributed by atoms with van der Waals surface area (Å²) < 4.78 is 10.2. The molecule has 21 heavy (non-hydrogen) atoms. The zero-order valence-corrected chi connectivity index (χ0v) is 12.8. The first-order valence-corrected chi connectivity index (χ1v) is 7.09. The van der Waals surface area contributed by atoms with Gasteiger partial charge in [0.15, 0.2) is 0 Å². The number of halogens is 1. The number of esters is 1. The van der Waals surface area contributed by atoms with Gasteiger partial charge in [0, 0.05) is 17.7 Å². The molecule has 0 atom stereocenters. The van der Waals surface area contributed by atoms with Crippen LogP contribution in [0.5, 0.6) is 0 Å². The second-order valence-electron chi connectivity index (χ2n) is 4.51. The van der Waals surface area contributed by atoms with Crippen molar-refractivity contribution in [1.29, 1.82) is 0 Å². The fraction of sp³-hybridized carbons (Fsp3) is 0.235. The Bertz CT molecular complexity index is 638. The Labute approximate surface area is 129 Å². The lowest BCUT2D eigenvalue weighted by Crippen LogP contribution is -2.04. The van der Waals surface area contributed by atoms with E-state index in [0.717, 1.165) is 16.7 Å². The first kappa shape index (κ1) is 15.5. The number of rotatable bonds is 5. The second kappa shape index (κ2) is 7.25. The van der Waals surface area contributed by atoms with Crippen LogP contribution in [0.25, 0.3) is 11.1 Å². The fourth-order valence-electron chi connectivity index (χ4n) is 2.14. The molecule has 0 saturated carbocycles. The monoisotopic (exact) mass is 304 g/mol. The molecule has 4 heteroatoms. The Morgan fingerprint density at radius 3 is 2.57 bits per heavy atom. The van der Waals surface area contributed by atoms with Crippen LogP contribution >= 0.6 is 11.6 Å². The maximum Gasteiger partial charge on any atom is 0.338 e. The Kier molecular flexibility index (Phi) is 5.37. The van der Waals surface area contributed by atoms with E-state index in [-0.39, 0.29) is 5.97 Å². The highest BCUT2D eigenvalue weighted by atomic mass is 35.5. The van der Waals surface area contributed by atoms with E-state index in [1.165, 1.54) is 0 Å². The van der Waals surface area contributed by atoms with Crippen molar-refractivity contribution < 1.29 is 14.3 Å². The zero-order chi connectivity index (χ0) is 15.2. The molecular weight excluding hydrogens is 288 g/mol. The first-order chi connectivity index (χ1) is 10.2. The third-order valence-corrected chi connectivity index (χ3v) is 3.40.